The van der Waals surface area contributed by atoms with Gasteiger partial charge in [0, 0.05) is 0 Å². The molecule has 0 saturated heterocycles. The third kappa shape index (κ3) is 2.53. The van der Waals surface area contributed by atoms with Crippen LogP contribution < -0.4 is 5.73 Å². The lowest BCUT2D eigenvalue weighted by Crippen LogP contribution is -2.14. The van der Waals surface area contributed by atoms with Gasteiger partial charge < -0.3 is 10.8 Å². The first-order valence-corrected chi connectivity index (χ1v) is 4.42. The molecule has 0 aliphatic heterocycles. The topological polar surface area (TPSA) is 105 Å². The zero-order valence-electron chi connectivity index (χ0n) is 8.19. The minimum atomic E-state index is -1.15. The highest BCUT2D eigenvalue weighted by Crippen LogP contribution is 2.14. The van der Waals surface area contributed by atoms with Crippen molar-refractivity contribution in [2.75, 3.05) is 0 Å². The molecule has 1 unspecified atom stereocenters. The molecular formula is C8H14N4O2. The van der Waals surface area contributed by atoms with E-state index in [1.165, 1.54) is 0 Å². The molecule has 1 aromatic heterocycles. The first-order valence-electron chi connectivity index (χ1n) is 4.42. The Morgan fingerprint density at radius 3 is 2.71 bits per heavy atom. The van der Waals surface area contributed by atoms with Gasteiger partial charge in [0.1, 0.15) is 5.82 Å². The van der Waals surface area contributed by atoms with Crippen LogP contribution in [0.5, 0.6) is 0 Å². The number of aromatic carboxylic acids is 1. The summed E-state index contributed by atoms with van der Waals surface area (Å²) in [5.74, 6) is -0.525. The van der Waals surface area contributed by atoms with Crippen molar-refractivity contribution in [1.29, 1.82) is 0 Å². The molecule has 0 fully saturated rings. The summed E-state index contributed by atoms with van der Waals surface area (Å²) in [7, 11) is 0. The van der Waals surface area contributed by atoms with E-state index in [0.717, 1.165) is 6.42 Å². The van der Waals surface area contributed by atoms with E-state index >= 15 is 0 Å². The van der Waals surface area contributed by atoms with Crippen LogP contribution in [0.1, 0.15) is 42.8 Å². The number of carboxylic acids is 1. The van der Waals surface area contributed by atoms with Gasteiger partial charge >= 0.3 is 5.97 Å². The molecule has 0 aliphatic rings. The van der Waals surface area contributed by atoms with Crippen molar-refractivity contribution in [3.05, 3.63) is 11.6 Å². The van der Waals surface area contributed by atoms with Crippen molar-refractivity contribution in [2.24, 2.45) is 11.7 Å². The van der Waals surface area contributed by atoms with E-state index in [2.05, 4.69) is 15.2 Å². The lowest BCUT2D eigenvalue weighted by atomic mass is 10.0. The highest BCUT2D eigenvalue weighted by Gasteiger charge is 2.16. The van der Waals surface area contributed by atoms with Gasteiger partial charge in [-0.25, -0.2) is 9.78 Å². The van der Waals surface area contributed by atoms with Crippen molar-refractivity contribution in [3.63, 3.8) is 0 Å². The Morgan fingerprint density at radius 1 is 1.64 bits per heavy atom. The maximum Gasteiger partial charge on any atom is 0.375 e. The normalized spacial score (nSPS) is 13.1. The molecule has 0 amide bonds. The molecule has 0 aromatic carbocycles. The number of rotatable bonds is 4. The van der Waals surface area contributed by atoms with Gasteiger partial charge in [0.25, 0.3) is 5.82 Å². The number of hydrogen-bond acceptors (Lipinski definition) is 4. The number of aromatic nitrogens is 3. The fourth-order valence-electron chi connectivity index (χ4n) is 1.16. The minimum Gasteiger partial charge on any atom is -0.475 e. The zero-order valence-corrected chi connectivity index (χ0v) is 8.19. The smallest absolute Gasteiger partial charge is 0.375 e. The largest absolute Gasteiger partial charge is 0.475 e. The lowest BCUT2D eigenvalue weighted by Gasteiger charge is -2.09. The van der Waals surface area contributed by atoms with Crippen LogP contribution in [0.15, 0.2) is 0 Å². The van der Waals surface area contributed by atoms with E-state index in [1.54, 1.807) is 0 Å². The number of carboxylic acid groups (broad SMARTS) is 1. The maximum atomic E-state index is 10.5. The molecule has 0 spiro atoms. The van der Waals surface area contributed by atoms with Gasteiger partial charge in [-0.3, -0.25) is 5.10 Å². The van der Waals surface area contributed by atoms with E-state index in [1.807, 2.05) is 13.8 Å². The highest BCUT2D eigenvalue weighted by atomic mass is 16.4. The molecule has 14 heavy (non-hydrogen) atoms. The second kappa shape index (κ2) is 4.19. The predicted molar refractivity (Wildman–Crippen MR) is 49.7 cm³/mol. The van der Waals surface area contributed by atoms with Crippen LogP contribution in [0.3, 0.4) is 0 Å². The summed E-state index contributed by atoms with van der Waals surface area (Å²) in [4.78, 5) is 14.2. The molecule has 1 heterocycles. The molecule has 4 N–H and O–H groups in total. The van der Waals surface area contributed by atoms with E-state index in [0.29, 0.717) is 11.7 Å². The number of hydrogen-bond donors (Lipinski definition) is 3. The Balaban J connectivity index is 2.71. The zero-order chi connectivity index (χ0) is 10.7. The van der Waals surface area contributed by atoms with Crippen LogP contribution in [-0.4, -0.2) is 26.3 Å². The molecule has 1 aromatic rings. The standard InChI is InChI=1S/C8H14N4O2/c1-4(2)3-5(9)6-10-7(8(13)14)12-11-6/h4-5H,3,9H2,1-2H3,(H,13,14)(H,10,11,12). The maximum absolute atomic E-state index is 10.5. The average molecular weight is 198 g/mol. The summed E-state index contributed by atoms with van der Waals surface area (Å²) in [6.07, 6.45) is 0.744. The Bertz CT molecular complexity index is 321. The van der Waals surface area contributed by atoms with Crippen LogP contribution in [0.4, 0.5) is 0 Å². The van der Waals surface area contributed by atoms with Crippen molar-refractivity contribution in [2.45, 2.75) is 26.3 Å². The number of carbonyl (C=O) groups is 1. The number of nitrogens with two attached hydrogens (primary N) is 1. The number of aromatic amines is 1. The number of H-pyrrole nitrogens is 1. The van der Waals surface area contributed by atoms with Gasteiger partial charge in [-0.2, -0.15) is 0 Å². The summed E-state index contributed by atoms with van der Waals surface area (Å²) in [5.41, 5.74) is 5.78. The molecule has 0 saturated carbocycles. The minimum absolute atomic E-state index is 0.237. The first-order chi connectivity index (χ1) is 6.50. The summed E-state index contributed by atoms with van der Waals surface area (Å²) in [5, 5.41) is 14.6. The number of nitrogens with one attached hydrogen (secondary N) is 1. The SMILES string of the molecule is CC(C)CC(N)c1nc(C(=O)O)n[nH]1. The van der Waals surface area contributed by atoms with Crippen LogP contribution >= 0.6 is 0 Å². The van der Waals surface area contributed by atoms with Gasteiger partial charge in [-0.15, -0.1) is 5.10 Å². The van der Waals surface area contributed by atoms with E-state index in [9.17, 15) is 4.79 Å². The Kier molecular flexibility index (Phi) is 3.19. The fourth-order valence-corrected chi connectivity index (χ4v) is 1.16. The summed E-state index contributed by atoms with van der Waals surface area (Å²) in [6.45, 7) is 4.07. The molecule has 6 nitrogen and oxygen atoms in total. The fraction of sp³-hybridized carbons (Fsp3) is 0.625. The number of nitrogens with zero attached hydrogens (tertiary/aromatic N) is 2. The Morgan fingerprint density at radius 2 is 2.29 bits per heavy atom. The quantitative estimate of drug-likeness (QED) is 0.655. The molecule has 0 aliphatic carbocycles. The molecule has 6 heteroatoms. The van der Waals surface area contributed by atoms with Crippen LogP contribution in [0.25, 0.3) is 0 Å². The van der Waals surface area contributed by atoms with Crippen molar-refractivity contribution < 1.29 is 9.90 Å². The van der Waals surface area contributed by atoms with Crippen LogP contribution in [0.2, 0.25) is 0 Å². The van der Waals surface area contributed by atoms with Crippen molar-refractivity contribution >= 4 is 5.97 Å². The van der Waals surface area contributed by atoms with Crippen molar-refractivity contribution in [1.82, 2.24) is 15.2 Å². The second-order valence-corrected chi connectivity index (χ2v) is 3.59. The Hall–Kier alpha value is -1.43. The summed E-state index contributed by atoms with van der Waals surface area (Å²) < 4.78 is 0. The second-order valence-electron chi connectivity index (χ2n) is 3.59. The van der Waals surface area contributed by atoms with Crippen LogP contribution in [-0.2, 0) is 0 Å². The van der Waals surface area contributed by atoms with Gasteiger partial charge in [0.15, 0.2) is 0 Å². The third-order valence-electron chi connectivity index (χ3n) is 1.77. The summed E-state index contributed by atoms with van der Waals surface area (Å²) >= 11 is 0. The van der Waals surface area contributed by atoms with E-state index in [4.69, 9.17) is 10.8 Å². The predicted octanol–water partition coefficient (Wildman–Crippen LogP) is 0.549. The monoisotopic (exact) mass is 198 g/mol. The highest BCUT2D eigenvalue weighted by molar-refractivity contribution is 5.82. The third-order valence-corrected chi connectivity index (χ3v) is 1.77. The van der Waals surface area contributed by atoms with Crippen LogP contribution in [0, 0.1) is 5.92 Å². The van der Waals surface area contributed by atoms with Gasteiger partial charge in [0.05, 0.1) is 6.04 Å². The molecule has 78 valence electrons. The molecular weight excluding hydrogens is 184 g/mol. The van der Waals surface area contributed by atoms with Gasteiger partial charge in [0.2, 0.25) is 0 Å². The van der Waals surface area contributed by atoms with Crippen molar-refractivity contribution in [3.8, 4) is 0 Å². The van der Waals surface area contributed by atoms with E-state index in [-0.39, 0.29) is 11.9 Å². The molecule has 0 bridgehead atoms. The average Bonchev–Trinajstić information content (AvgIpc) is 2.50. The van der Waals surface area contributed by atoms with E-state index < -0.39 is 5.97 Å². The first kappa shape index (κ1) is 10.6. The molecule has 0 radical (unpaired) electrons. The van der Waals surface area contributed by atoms with Gasteiger partial charge in [-0.1, -0.05) is 13.8 Å². The molecule has 1 rings (SSSR count). The van der Waals surface area contributed by atoms with Gasteiger partial charge in [-0.05, 0) is 12.3 Å². The molecule has 1 atom stereocenters. The summed E-state index contributed by atoms with van der Waals surface area (Å²) in [6, 6.07) is -0.282. The lowest BCUT2D eigenvalue weighted by molar-refractivity contribution is 0.0684. The Labute approximate surface area is 81.5 Å².